The van der Waals surface area contributed by atoms with Gasteiger partial charge in [-0.05, 0) is 20.3 Å². The molecule has 1 N–H and O–H groups in total. The first-order valence-corrected chi connectivity index (χ1v) is 4.41. The molecule has 3 heteroatoms. The third kappa shape index (κ3) is 5.13. The summed E-state index contributed by atoms with van der Waals surface area (Å²) in [5.74, 6) is 0.456. The van der Waals surface area contributed by atoms with Gasteiger partial charge in [0, 0.05) is 11.3 Å². The van der Waals surface area contributed by atoms with Crippen molar-refractivity contribution in [2.24, 2.45) is 0 Å². The molecule has 0 aliphatic heterocycles. The Morgan fingerprint density at radius 1 is 1.64 bits per heavy atom. The van der Waals surface area contributed by atoms with Crippen molar-refractivity contribution in [1.82, 2.24) is 5.32 Å². The largest absolute Gasteiger partial charge is 0.351 e. The lowest BCUT2D eigenvalue weighted by Gasteiger charge is -2.24. The van der Waals surface area contributed by atoms with Crippen LogP contribution in [0.4, 0.5) is 0 Å². The summed E-state index contributed by atoms with van der Waals surface area (Å²) < 4.78 is 0. The molecule has 0 fully saturated rings. The molecule has 0 aliphatic rings. The topological polar surface area (TPSA) is 29.1 Å². The lowest BCUT2D eigenvalue weighted by atomic mass is 10.0. The molecule has 0 aliphatic carbocycles. The number of rotatable bonds is 4. The van der Waals surface area contributed by atoms with Crippen LogP contribution < -0.4 is 5.32 Å². The molecule has 0 aromatic heterocycles. The maximum atomic E-state index is 11.0. The van der Waals surface area contributed by atoms with Crippen LogP contribution in [0.1, 0.15) is 27.2 Å². The Morgan fingerprint density at radius 2 is 2.18 bits per heavy atom. The van der Waals surface area contributed by atoms with Crippen LogP contribution in [0.2, 0.25) is 0 Å². The molecule has 65 valence electrons. The van der Waals surface area contributed by atoms with E-state index >= 15 is 0 Å². The number of hydrogen-bond acceptors (Lipinski definition) is 2. The Balaban J connectivity index is 3.74. The van der Waals surface area contributed by atoms with Gasteiger partial charge in [0.25, 0.3) is 0 Å². The van der Waals surface area contributed by atoms with E-state index in [0.29, 0.717) is 5.75 Å². The summed E-state index contributed by atoms with van der Waals surface area (Å²) in [6.07, 6.45) is 2.46. The number of hydrogen-bond donors (Lipinski definition) is 2. The van der Waals surface area contributed by atoms with Gasteiger partial charge in [-0.3, -0.25) is 4.79 Å². The van der Waals surface area contributed by atoms with Crippen LogP contribution in [0.25, 0.3) is 0 Å². The van der Waals surface area contributed by atoms with Crippen LogP contribution in [0.5, 0.6) is 0 Å². The summed E-state index contributed by atoms with van der Waals surface area (Å²) in [5.41, 5.74) is -0.101. The Morgan fingerprint density at radius 3 is 2.55 bits per heavy atom. The third-order valence-corrected chi connectivity index (χ3v) is 1.80. The fourth-order valence-corrected chi connectivity index (χ4v) is 0.722. The molecule has 0 aromatic rings. The van der Waals surface area contributed by atoms with Crippen molar-refractivity contribution >= 4 is 18.5 Å². The maximum absolute atomic E-state index is 11.0. The number of carbonyl (C=O) groups is 1. The molecule has 11 heavy (non-hydrogen) atoms. The van der Waals surface area contributed by atoms with Crippen molar-refractivity contribution in [3.63, 3.8) is 0 Å². The molecule has 0 saturated carbocycles. The van der Waals surface area contributed by atoms with Gasteiger partial charge in [-0.1, -0.05) is 6.92 Å². The molecule has 0 spiro atoms. The van der Waals surface area contributed by atoms with Crippen molar-refractivity contribution in [3.8, 4) is 0 Å². The number of amides is 1. The van der Waals surface area contributed by atoms with Gasteiger partial charge < -0.3 is 5.32 Å². The van der Waals surface area contributed by atoms with Gasteiger partial charge in [0.05, 0.1) is 6.42 Å². The quantitative estimate of drug-likeness (QED) is 0.620. The van der Waals surface area contributed by atoms with E-state index in [-0.39, 0.29) is 11.4 Å². The van der Waals surface area contributed by atoms with E-state index in [0.717, 1.165) is 6.42 Å². The highest BCUT2D eigenvalue weighted by Gasteiger charge is 2.16. The molecule has 0 saturated heterocycles. The first kappa shape index (κ1) is 10.8. The Hall–Kier alpha value is -0.180. The molecule has 1 amide bonds. The second kappa shape index (κ2) is 4.65. The molecule has 0 unspecified atom stereocenters. The molecular weight excluding hydrogens is 158 g/mol. The van der Waals surface area contributed by atoms with Crippen LogP contribution in [-0.2, 0) is 4.79 Å². The van der Waals surface area contributed by atoms with E-state index in [1.54, 1.807) is 0 Å². The van der Waals surface area contributed by atoms with Crippen molar-refractivity contribution in [2.75, 3.05) is 5.75 Å². The smallest absolute Gasteiger partial charge is 0.225 e. The van der Waals surface area contributed by atoms with Gasteiger partial charge in [-0.15, -0.1) is 0 Å². The minimum Gasteiger partial charge on any atom is -0.351 e. The van der Waals surface area contributed by atoms with Crippen LogP contribution >= 0.6 is 12.6 Å². The highest BCUT2D eigenvalue weighted by atomic mass is 32.1. The molecule has 0 aromatic carbocycles. The number of thiol groups is 1. The Kier molecular flexibility index (Phi) is 4.57. The number of carbonyl (C=O) groups excluding carboxylic acids is 1. The van der Waals surface area contributed by atoms with Crippen LogP contribution in [0.3, 0.4) is 0 Å². The molecule has 0 rings (SSSR count). The van der Waals surface area contributed by atoms with Crippen LogP contribution in [0.15, 0.2) is 0 Å². The van der Waals surface area contributed by atoms with E-state index in [1.807, 2.05) is 20.8 Å². The molecular formula is C8H16NOS. The van der Waals surface area contributed by atoms with E-state index < -0.39 is 0 Å². The van der Waals surface area contributed by atoms with Gasteiger partial charge in [0.2, 0.25) is 5.91 Å². The second-order valence-corrected chi connectivity index (χ2v) is 3.48. The molecule has 0 atom stereocenters. The Bertz CT molecular complexity index is 134. The second-order valence-electron chi connectivity index (χ2n) is 3.11. The fraction of sp³-hybridized carbons (Fsp3) is 0.750. The summed E-state index contributed by atoms with van der Waals surface area (Å²) in [6, 6.07) is 0. The lowest BCUT2D eigenvalue weighted by molar-refractivity contribution is -0.119. The van der Waals surface area contributed by atoms with E-state index in [2.05, 4.69) is 17.9 Å². The zero-order valence-electron chi connectivity index (χ0n) is 7.35. The summed E-state index contributed by atoms with van der Waals surface area (Å²) in [4.78, 5) is 11.0. The van der Waals surface area contributed by atoms with Crippen molar-refractivity contribution in [2.45, 2.75) is 32.7 Å². The predicted molar refractivity (Wildman–Crippen MR) is 50.7 cm³/mol. The van der Waals surface area contributed by atoms with Crippen LogP contribution in [0, 0.1) is 6.42 Å². The summed E-state index contributed by atoms with van der Waals surface area (Å²) in [6.45, 7) is 6.04. The first-order valence-electron chi connectivity index (χ1n) is 3.78. The zero-order valence-corrected chi connectivity index (χ0v) is 8.24. The molecule has 1 radical (unpaired) electrons. The minimum absolute atomic E-state index is 0.0353. The lowest BCUT2D eigenvalue weighted by Crippen LogP contribution is -2.43. The minimum atomic E-state index is -0.101. The van der Waals surface area contributed by atoms with Crippen LogP contribution in [-0.4, -0.2) is 17.2 Å². The highest BCUT2D eigenvalue weighted by Crippen LogP contribution is 2.06. The van der Waals surface area contributed by atoms with Crippen molar-refractivity contribution < 1.29 is 4.79 Å². The Labute approximate surface area is 74.2 Å². The van der Waals surface area contributed by atoms with Gasteiger partial charge in [-0.25, -0.2) is 0 Å². The van der Waals surface area contributed by atoms with E-state index in [9.17, 15) is 4.79 Å². The SMILES string of the molecule is CCC(C)(C)NC(=O)[CH]CS. The molecule has 0 bridgehead atoms. The normalized spacial score (nSPS) is 11.3. The summed E-state index contributed by atoms with van der Waals surface area (Å²) in [7, 11) is 0. The standard InChI is InChI=1S/C8H16NOS/c1-4-8(2,3)9-7(10)5-6-11/h5,11H,4,6H2,1-3H3,(H,9,10). The zero-order chi connectivity index (χ0) is 8.91. The first-order chi connectivity index (χ1) is 5.02. The van der Waals surface area contributed by atoms with Crippen molar-refractivity contribution in [3.05, 3.63) is 6.42 Å². The maximum Gasteiger partial charge on any atom is 0.225 e. The van der Waals surface area contributed by atoms with Gasteiger partial charge >= 0.3 is 0 Å². The highest BCUT2D eigenvalue weighted by molar-refractivity contribution is 7.80. The number of nitrogens with one attached hydrogen (secondary N) is 1. The average molecular weight is 174 g/mol. The third-order valence-electron chi connectivity index (χ3n) is 1.62. The molecule has 0 heterocycles. The average Bonchev–Trinajstić information content (AvgIpc) is 1.87. The monoisotopic (exact) mass is 174 g/mol. The van der Waals surface area contributed by atoms with Gasteiger partial charge in [0.1, 0.15) is 0 Å². The summed E-state index contributed by atoms with van der Waals surface area (Å²) in [5, 5.41) is 2.86. The predicted octanol–water partition coefficient (Wildman–Crippen LogP) is 1.43. The van der Waals surface area contributed by atoms with E-state index in [4.69, 9.17) is 0 Å². The fourth-order valence-electron chi connectivity index (χ4n) is 0.556. The summed E-state index contributed by atoms with van der Waals surface area (Å²) >= 11 is 3.92. The van der Waals surface area contributed by atoms with E-state index in [1.165, 1.54) is 6.42 Å². The van der Waals surface area contributed by atoms with Crippen molar-refractivity contribution in [1.29, 1.82) is 0 Å². The van der Waals surface area contributed by atoms with Gasteiger partial charge in [-0.2, -0.15) is 12.6 Å². The van der Waals surface area contributed by atoms with Gasteiger partial charge in [0.15, 0.2) is 0 Å². The molecule has 2 nitrogen and oxygen atoms in total.